The lowest BCUT2D eigenvalue weighted by molar-refractivity contribution is 0.0386. The first-order valence-corrected chi connectivity index (χ1v) is 6.72. The Hall–Kier alpha value is -1.91. The molecule has 1 aromatic rings. The van der Waals surface area contributed by atoms with Gasteiger partial charge in [0, 0.05) is 5.41 Å². The molecule has 0 saturated carbocycles. The van der Waals surface area contributed by atoms with Crippen LogP contribution in [0.25, 0.3) is 0 Å². The monoisotopic (exact) mass is 279 g/mol. The molecule has 1 atom stereocenters. The SMILES string of the molecule is CCOc1ccc([C@H]2NC(=O)OCC2(C)C)cc1OC. The average Bonchev–Trinajstić information content (AvgIpc) is 2.42. The number of carbonyl (C=O) groups excluding carboxylic acids is 1. The van der Waals surface area contributed by atoms with Crippen molar-refractivity contribution in [1.29, 1.82) is 0 Å². The molecule has 1 amide bonds. The maximum Gasteiger partial charge on any atom is 0.407 e. The van der Waals surface area contributed by atoms with Crippen molar-refractivity contribution >= 4 is 6.09 Å². The number of amides is 1. The number of carbonyl (C=O) groups is 1. The lowest BCUT2D eigenvalue weighted by atomic mass is 9.80. The third-order valence-electron chi connectivity index (χ3n) is 3.44. The Kier molecular flexibility index (Phi) is 4.06. The van der Waals surface area contributed by atoms with Gasteiger partial charge in [0.2, 0.25) is 0 Å². The third kappa shape index (κ3) is 2.81. The molecule has 0 aliphatic carbocycles. The van der Waals surface area contributed by atoms with E-state index in [0.717, 1.165) is 5.56 Å². The minimum Gasteiger partial charge on any atom is -0.493 e. The maximum atomic E-state index is 11.5. The molecule has 0 unspecified atom stereocenters. The summed E-state index contributed by atoms with van der Waals surface area (Å²) < 4.78 is 15.9. The summed E-state index contributed by atoms with van der Waals surface area (Å²) in [4.78, 5) is 11.5. The number of hydrogen-bond donors (Lipinski definition) is 1. The van der Waals surface area contributed by atoms with Crippen molar-refractivity contribution in [2.45, 2.75) is 26.8 Å². The van der Waals surface area contributed by atoms with Crippen LogP contribution in [0, 0.1) is 5.41 Å². The van der Waals surface area contributed by atoms with Crippen molar-refractivity contribution in [2.24, 2.45) is 5.41 Å². The lowest BCUT2D eigenvalue weighted by Gasteiger charge is -2.38. The van der Waals surface area contributed by atoms with Crippen molar-refractivity contribution in [3.05, 3.63) is 23.8 Å². The second kappa shape index (κ2) is 5.61. The predicted molar refractivity (Wildman–Crippen MR) is 75.2 cm³/mol. The van der Waals surface area contributed by atoms with E-state index < -0.39 is 0 Å². The molecule has 110 valence electrons. The third-order valence-corrected chi connectivity index (χ3v) is 3.44. The molecule has 1 fully saturated rings. The second-order valence-electron chi connectivity index (χ2n) is 5.49. The van der Waals surface area contributed by atoms with Crippen LogP contribution in [0.15, 0.2) is 18.2 Å². The molecule has 1 N–H and O–H groups in total. The molecule has 0 bridgehead atoms. The fourth-order valence-corrected chi connectivity index (χ4v) is 2.36. The average molecular weight is 279 g/mol. The van der Waals surface area contributed by atoms with Gasteiger partial charge in [-0.2, -0.15) is 0 Å². The number of nitrogens with one attached hydrogen (secondary N) is 1. The normalized spacial score (nSPS) is 20.8. The zero-order valence-electron chi connectivity index (χ0n) is 12.4. The number of cyclic esters (lactones) is 1. The van der Waals surface area contributed by atoms with Crippen molar-refractivity contribution < 1.29 is 19.0 Å². The summed E-state index contributed by atoms with van der Waals surface area (Å²) >= 11 is 0. The summed E-state index contributed by atoms with van der Waals surface area (Å²) in [5.41, 5.74) is 0.790. The molecule has 2 rings (SSSR count). The van der Waals surface area contributed by atoms with Gasteiger partial charge in [0.25, 0.3) is 0 Å². The van der Waals surface area contributed by atoms with E-state index in [1.807, 2.05) is 25.1 Å². The minimum absolute atomic E-state index is 0.117. The van der Waals surface area contributed by atoms with E-state index in [1.54, 1.807) is 7.11 Å². The van der Waals surface area contributed by atoms with Gasteiger partial charge in [-0.25, -0.2) is 4.79 Å². The molecular weight excluding hydrogens is 258 g/mol. The summed E-state index contributed by atoms with van der Waals surface area (Å²) in [6, 6.07) is 5.61. The molecule has 1 heterocycles. The van der Waals surface area contributed by atoms with E-state index in [4.69, 9.17) is 14.2 Å². The van der Waals surface area contributed by atoms with Gasteiger partial charge in [-0.05, 0) is 24.6 Å². The van der Waals surface area contributed by atoms with Gasteiger partial charge in [-0.3, -0.25) is 0 Å². The molecule has 0 spiro atoms. The lowest BCUT2D eigenvalue weighted by Crippen LogP contribution is -2.46. The highest BCUT2D eigenvalue weighted by molar-refractivity contribution is 5.69. The smallest absolute Gasteiger partial charge is 0.407 e. The van der Waals surface area contributed by atoms with Gasteiger partial charge in [0.05, 0.1) is 19.8 Å². The summed E-state index contributed by atoms with van der Waals surface area (Å²) in [6.45, 7) is 7.00. The van der Waals surface area contributed by atoms with Crippen LogP contribution in [0.2, 0.25) is 0 Å². The van der Waals surface area contributed by atoms with E-state index >= 15 is 0 Å². The molecule has 5 nitrogen and oxygen atoms in total. The van der Waals surface area contributed by atoms with Crippen molar-refractivity contribution in [1.82, 2.24) is 5.32 Å². The highest BCUT2D eigenvalue weighted by atomic mass is 16.6. The highest BCUT2D eigenvalue weighted by Crippen LogP contribution is 2.39. The fourth-order valence-electron chi connectivity index (χ4n) is 2.36. The summed E-state index contributed by atoms with van der Waals surface area (Å²) in [7, 11) is 1.61. The number of benzene rings is 1. The Morgan fingerprint density at radius 1 is 1.40 bits per heavy atom. The van der Waals surface area contributed by atoms with Crippen LogP contribution in [0.3, 0.4) is 0 Å². The van der Waals surface area contributed by atoms with Gasteiger partial charge in [0.1, 0.15) is 6.61 Å². The van der Waals surface area contributed by atoms with E-state index in [2.05, 4.69) is 19.2 Å². The Bertz CT molecular complexity index is 499. The standard InChI is InChI=1S/C15H21NO4/c1-5-19-11-7-6-10(8-12(11)18-4)13-15(2,3)9-20-14(17)16-13/h6-8,13H,5,9H2,1-4H3,(H,16,17)/t13-/m1/s1. The van der Waals surface area contributed by atoms with Crippen LogP contribution in [-0.4, -0.2) is 26.4 Å². The quantitative estimate of drug-likeness (QED) is 0.920. The Morgan fingerprint density at radius 3 is 2.80 bits per heavy atom. The first-order valence-electron chi connectivity index (χ1n) is 6.72. The Labute approximate surface area is 119 Å². The number of ether oxygens (including phenoxy) is 3. The number of hydrogen-bond acceptors (Lipinski definition) is 4. The van der Waals surface area contributed by atoms with E-state index in [0.29, 0.717) is 24.7 Å². The molecular formula is C15H21NO4. The molecule has 5 heteroatoms. The minimum atomic E-state index is -0.387. The van der Waals surface area contributed by atoms with Crippen LogP contribution in [0.5, 0.6) is 11.5 Å². The maximum absolute atomic E-state index is 11.5. The summed E-state index contributed by atoms with van der Waals surface area (Å²) in [5, 5.41) is 2.87. The largest absolute Gasteiger partial charge is 0.493 e. The Morgan fingerprint density at radius 2 is 2.15 bits per heavy atom. The first kappa shape index (κ1) is 14.5. The molecule has 1 saturated heterocycles. The topological polar surface area (TPSA) is 56.8 Å². The van der Waals surface area contributed by atoms with Crippen LogP contribution in [-0.2, 0) is 4.74 Å². The second-order valence-corrected chi connectivity index (χ2v) is 5.49. The summed E-state index contributed by atoms with van der Waals surface area (Å²) in [6.07, 6.45) is -0.387. The van der Waals surface area contributed by atoms with Crippen LogP contribution < -0.4 is 14.8 Å². The van der Waals surface area contributed by atoms with Gasteiger partial charge < -0.3 is 19.5 Å². The van der Waals surface area contributed by atoms with Gasteiger partial charge in [-0.1, -0.05) is 19.9 Å². The number of methoxy groups -OCH3 is 1. The van der Waals surface area contributed by atoms with Crippen LogP contribution >= 0.6 is 0 Å². The number of alkyl carbamates (subject to hydrolysis) is 1. The van der Waals surface area contributed by atoms with Gasteiger partial charge >= 0.3 is 6.09 Å². The van der Waals surface area contributed by atoms with Gasteiger partial charge in [-0.15, -0.1) is 0 Å². The molecule has 1 aliphatic heterocycles. The molecule has 0 radical (unpaired) electrons. The van der Waals surface area contributed by atoms with Crippen molar-refractivity contribution in [2.75, 3.05) is 20.3 Å². The number of rotatable bonds is 4. The fraction of sp³-hybridized carbons (Fsp3) is 0.533. The van der Waals surface area contributed by atoms with Crippen molar-refractivity contribution in [3.8, 4) is 11.5 Å². The van der Waals surface area contributed by atoms with E-state index in [-0.39, 0.29) is 17.6 Å². The zero-order chi connectivity index (χ0) is 14.8. The predicted octanol–water partition coefficient (Wildman–Crippen LogP) is 2.90. The van der Waals surface area contributed by atoms with Crippen LogP contribution in [0.1, 0.15) is 32.4 Å². The van der Waals surface area contributed by atoms with Crippen LogP contribution in [0.4, 0.5) is 4.79 Å². The molecule has 0 aromatic heterocycles. The molecule has 1 aliphatic rings. The zero-order valence-corrected chi connectivity index (χ0v) is 12.4. The van der Waals surface area contributed by atoms with E-state index in [1.165, 1.54) is 0 Å². The molecule has 1 aromatic carbocycles. The highest BCUT2D eigenvalue weighted by Gasteiger charge is 2.38. The van der Waals surface area contributed by atoms with Gasteiger partial charge in [0.15, 0.2) is 11.5 Å². The summed E-state index contributed by atoms with van der Waals surface area (Å²) in [5.74, 6) is 1.37. The first-order chi connectivity index (χ1) is 9.47. The Balaban J connectivity index is 2.33. The van der Waals surface area contributed by atoms with E-state index in [9.17, 15) is 4.79 Å². The van der Waals surface area contributed by atoms with Crippen molar-refractivity contribution in [3.63, 3.8) is 0 Å². The molecule has 20 heavy (non-hydrogen) atoms.